The minimum Gasteiger partial charge on any atom is -0.453 e. The van der Waals surface area contributed by atoms with Gasteiger partial charge in [0, 0.05) is 18.6 Å². The second-order valence-electron chi connectivity index (χ2n) is 5.33. The highest BCUT2D eigenvalue weighted by atomic mass is 16.5. The Morgan fingerprint density at radius 1 is 1.78 bits per heavy atom. The molecule has 3 rings (SSSR count). The maximum Gasteiger partial charge on any atom is 0.410 e. The van der Waals surface area contributed by atoms with Crippen LogP contribution >= 0.6 is 0 Å². The van der Waals surface area contributed by atoms with Crippen molar-refractivity contribution in [2.45, 2.75) is 25.8 Å². The van der Waals surface area contributed by atoms with Crippen LogP contribution in [0, 0.1) is 22.7 Å². The third-order valence-electron chi connectivity index (χ3n) is 3.82. The van der Waals surface area contributed by atoms with E-state index in [4.69, 9.17) is 9.84 Å². The number of nitrogens with zero attached hydrogens (tertiary/aromatic N) is 2. The van der Waals surface area contributed by atoms with Crippen LogP contribution in [-0.2, 0) is 4.74 Å². The van der Waals surface area contributed by atoms with E-state index < -0.39 is 6.09 Å². The highest BCUT2D eigenvalue weighted by molar-refractivity contribution is 5.69. The first-order valence-electron chi connectivity index (χ1n) is 6.11. The fourth-order valence-corrected chi connectivity index (χ4v) is 3.24. The first kappa shape index (κ1) is 12.9. The van der Waals surface area contributed by atoms with Gasteiger partial charge in [-0.3, -0.25) is 4.90 Å². The smallest absolute Gasteiger partial charge is 0.410 e. The number of aliphatic hydroxyl groups is 1. The van der Waals surface area contributed by atoms with Crippen LogP contribution in [0.5, 0.6) is 0 Å². The highest BCUT2D eigenvalue weighted by Gasteiger charge is 2.49. The normalized spacial score (nSPS) is 33.9. The Balaban J connectivity index is 2.38. The molecule has 3 aliphatic rings. The van der Waals surface area contributed by atoms with Crippen LogP contribution in [0.15, 0.2) is 11.6 Å². The van der Waals surface area contributed by atoms with Gasteiger partial charge in [0.25, 0.3) is 0 Å². The minimum absolute atomic E-state index is 0.0333. The molecule has 1 fully saturated rings. The summed E-state index contributed by atoms with van der Waals surface area (Å²) in [5, 5.41) is 18.4. The molecule has 5 nitrogen and oxygen atoms in total. The number of aliphatic hydroxyl groups excluding tert-OH is 1. The summed E-state index contributed by atoms with van der Waals surface area (Å²) in [5.41, 5.74) is 0.794. The van der Waals surface area contributed by atoms with E-state index in [1.54, 1.807) is 4.90 Å². The molecule has 0 aromatic heterocycles. The molecule has 2 bridgehead atoms. The largest absolute Gasteiger partial charge is 0.453 e. The van der Waals surface area contributed by atoms with Gasteiger partial charge in [0.15, 0.2) is 0 Å². The van der Waals surface area contributed by atoms with E-state index in [0.717, 1.165) is 12.0 Å². The van der Waals surface area contributed by atoms with E-state index >= 15 is 0 Å². The minimum atomic E-state index is -0.394. The van der Waals surface area contributed by atoms with Crippen LogP contribution in [0.2, 0.25) is 0 Å². The quantitative estimate of drug-likeness (QED) is 0.749. The highest BCUT2D eigenvalue weighted by Crippen LogP contribution is 2.46. The zero-order chi connectivity index (χ0) is 13.3. The number of ether oxygens (including phenoxy) is 1. The molecule has 0 aromatic carbocycles. The van der Waals surface area contributed by atoms with Crippen LogP contribution in [-0.4, -0.2) is 42.4 Å². The summed E-state index contributed by atoms with van der Waals surface area (Å²) in [7, 11) is 1.35. The van der Waals surface area contributed by atoms with Crippen molar-refractivity contribution in [1.29, 1.82) is 5.26 Å². The van der Waals surface area contributed by atoms with Crippen LogP contribution in [0.1, 0.15) is 19.8 Å². The van der Waals surface area contributed by atoms with Crippen molar-refractivity contribution < 1.29 is 14.6 Å². The lowest BCUT2D eigenvalue weighted by molar-refractivity contribution is 0.0366. The molecule has 1 N–H and O–H groups in total. The summed E-state index contributed by atoms with van der Waals surface area (Å²) >= 11 is 0. The van der Waals surface area contributed by atoms with Crippen molar-refractivity contribution in [2.24, 2.45) is 11.3 Å². The van der Waals surface area contributed by atoms with Gasteiger partial charge in [-0.25, -0.2) is 4.79 Å². The van der Waals surface area contributed by atoms with Gasteiger partial charge in [0.2, 0.25) is 0 Å². The van der Waals surface area contributed by atoms with E-state index in [-0.39, 0.29) is 24.0 Å². The SMILES string of the molecule is COC(=O)N1C[C@@]2(C)C=C(CCO)[C@@H]1[C@@H](C#N)C2. The van der Waals surface area contributed by atoms with E-state index in [0.29, 0.717) is 13.0 Å². The average Bonchev–Trinajstić information content (AvgIpc) is 2.36. The fourth-order valence-electron chi connectivity index (χ4n) is 3.24. The van der Waals surface area contributed by atoms with Crippen LogP contribution in [0.4, 0.5) is 4.79 Å². The molecule has 2 heterocycles. The molecule has 18 heavy (non-hydrogen) atoms. The van der Waals surface area contributed by atoms with Crippen molar-refractivity contribution in [3.63, 3.8) is 0 Å². The average molecular weight is 250 g/mol. The maximum absolute atomic E-state index is 11.8. The molecule has 2 aliphatic heterocycles. The molecular weight excluding hydrogens is 232 g/mol. The van der Waals surface area contributed by atoms with Crippen molar-refractivity contribution >= 4 is 6.09 Å². The number of methoxy groups -OCH3 is 1. The molecule has 0 radical (unpaired) electrons. The molecule has 5 heteroatoms. The van der Waals surface area contributed by atoms with Crippen molar-refractivity contribution in [1.82, 2.24) is 4.90 Å². The second-order valence-corrected chi connectivity index (χ2v) is 5.33. The Labute approximate surface area is 107 Å². The topological polar surface area (TPSA) is 73.6 Å². The number of nitriles is 1. The maximum atomic E-state index is 11.8. The van der Waals surface area contributed by atoms with E-state index in [9.17, 15) is 10.1 Å². The van der Waals surface area contributed by atoms with Crippen LogP contribution < -0.4 is 0 Å². The number of carbonyl (C=O) groups is 1. The van der Waals surface area contributed by atoms with E-state index in [2.05, 4.69) is 12.1 Å². The number of piperidine rings is 1. The monoisotopic (exact) mass is 250 g/mol. The number of fused-ring (bicyclic) bond motifs is 2. The van der Waals surface area contributed by atoms with Crippen molar-refractivity contribution in [2.75, 3.05) is 20.3 Å². The van der Waals surface area contributed by atoms with Gasteiger partial charge in [-0.15, -0.1) is 0 Å². The van der Waals surface area contributed by atoms with E-state index in [1.807, 2.05) is 6.92 Å². The van der Waals surface area contributed by atoms with E-state index in [1.165, 1.54) is 7.11 Å². The fraction of sp³-hybridized carbons (Fsp3) is 0.692. The molecule has 98 valence electrons. The third-order valence-corrected chi connectivity index (χ3v) is 3.82. The zero-order valence-corrected chi connectivity index (χ0v) is 10.7. The third kappa shape index (κ3) is 1.97. The predicted molar refractivity (Wildman–Crippen MR) is 64.5 cm³/mol. The Bertz CT molecular complexity index is 426. The van der Waals surface area contributed by atoms with Crippen LogP contribution in [0.3, 0.4) is 0 Å². The molecular formula is C13H18N2O3. The number of carbonyl (C=O) groups excluding carboxylic acids is 1. The molecule has 0 aromatic rings. The summed E-state index contributed by atoms with van der Waals surface area (Å²) in [6, 6.07) is 2.05. The van der Waals surface area contributed by atoms with Gasteiger partial charge in [0.05, 0.1) is 25.1 Å². The Morgan fingerprint density at radius 2 is 2.50 bits per heavy atom. The second kappa shape index (κ2) is 4.62. The number of hydrogen-bond donors (Lipinski definition) is 1. The summed E-state index contributed by atoms with van der Waals surface area (Å²) < 4.78 is 4.79. The zero-order valence-electron chi connectivity index (χ0n) is 10.7. The van der Waals surface area contributed by atoms with Crippen molar-refractivity contribution in [3.05, 3.63) is 11.6 Å². The van der Waals surface area contributed by atoms with Gasteiger partial charge >= 0.3 is 6.09 Å². The summed E-state index contributed by atoms with van der Waals surface area (Å²) in [6.45, 7) is 2.66. The lowest BCUT2D eigenvalue weighted by Crippen LogP contribution is -2.58. The van der Waals surface area contributed by atoms with Gasteiger partial charge in [-0.05, 0) is 18.4 Å². The molecule has 1 aliphatic carbocycles. The first-order valence-corrected chi connectivity index (χ1v) is 6.11. The lowest BCUT2D eigenvalue weighted by Gasteiger charge is -2.51. The van der Waals surface area contributed by atoms with Crippen LogP contribution in [0.25, 0.3) is 0 Å². The first-order chi connectivity index (χ1) is 8.54. The Morgan fingerprint density at radius 3 is 3.06 bits per heavy atom. The molecule has 1 saturated heterocycles. The van der Waals surface area contributed by atoms with Gasteiger partial charge in [-0.1, -0.05) is 13.0 Å². The molecule has 3 atom stereocenters. The molecule has 0 unspecified atom stereocenters. The number of amides is 1. The molecule has 0 spiro atoms. The van der Waals surface area contributed by atoms with Gasteiger partial charge in [0.1, 0.15) is 0 Å². The summed E-state index contributed by atoms with van der Waals surface area (Å²) in [5.74, 6) is -0.214. The standard InChI is InChI=1S/C13H18N2O3/c1-13-5-9(3-4-16)11(10(6-13)7-14)15(8-13)12(17)18-2/h5,10-11,16H,3-4,6,8H2,1-2H3/t10-,11-,13+/m1/s1. The Kier molecular flexibility index (Phi) is 3.31. The number of hydrogen-bond acceptors (Lipinski definition) is 4. The Hall–Kier alpha value is -1.54. The number of rotatable bonds is 2. The lowest BCUT2D eigenvalue weighted by atomic mass is 9.65. The predicted octanol–water partition coefficient (Wildman–Crippen LogP) is 1.30. The van der Waals surface area contributed by atoms with Gasteiger partial charge in [-0.2, -0.15) is 5.26 Å². The summed E-state index contributed by atoms with van der Waals surface area (Å²) in [6.07, 6.45) is 3.00. The van der Waals surface area contributed by atoms with Crippen molar-refractivity contribution in [3.8, 4) is 6.07 Å². The summed E-state index contributed by atoms with van der Waals surface area (Å²) in [4.78, 5) is 13.4. The molecule has 0 saturated carbocycles. The van der Waals surface area contributed by atoms with Gasteiger partial charge < -0.3 is 9.84 Å². The molecule has 1 amide bonds.